The van der Waals surface area contributed by atoms with Crippen molar-refractivity contribution in [3.63, 3.8) is 0 Å². The molecule has 1 atom stereocenters. The molecular formula is C19H25N3O4. The molecule has 1 unspecified atom stereocenters. The summed E-state index contributed by atoms with van der Waals surface area (Å²) in [5.74, 6) is 1.44. The summed E-state index contributed by atoms with van der Waals surface area (Å²) < 4.78 is 15.5. The van der Waals surface area contributed by atoms with E-state index in [1.807, 2.05) is 23.1 Å². The number of hydrogen-bond donors (Lipinski definition) is 0. The summed E-state index contributed by atoms with van der Waals surface area (Å²) in [5, 5.41) is 4.05. The first-order valence-electron chi connectivity index (χ1n) is 8.97. The Morgan fingerprint density at radius 3 is 2.96 bits per heavy atom. The Balaban J connectivity index is 1.44. The number of aromatic nitrogens is 2. The second-order valence-electron chi connectivity index (χ2n) is 6.40. The number of carbonyl (C=O) groups is 1. The predicted octanol–water partition coefficient (Wildman–Crippen LogP) is 2.18. The predicted molar refractivity (Wildman–Crippen MR) is 94.5 cm³/mol. The molecule has 26 heavy (non-hydrogen) atoms. The van der Waals surface area contributed by atoms with E-state index in [0.29, 0.717) is 37.9 Å². The molecule has 2 aromatic rings. The molecule has 3 rings (SSSR count). The van der Waals surface area contributed by atoms with Gasteiger partial charge in [-0.05, 0) is 18.4 Å². The molecule has 0 aliphatic carbocycles. The molecule has 0 saturated carbocycles. The van der Waals surface area contributed by atoms with Gasteiger partial charge in [0, 0.05) is 32.5 Å². The molecule has 2 heterocycles. The van der Waals surface area contributed by atoms with Gasteiger partial charge in [-0.25, -0.2) is 0 Å². The van der Waals surface area contributed by atoms with Gasteiger partial charge in [0.15, 0.2) is 5.82 Å². The van der Waals surface area contributed by atoms with Crippen molar-refractivity contribution in [3.05, 3.63) is 47.6 Å². The van der Waals surface area contributed by atoms with Gasteiger partial charge in [0.25, 0.3) is 5.89 Å². The zero-order valence-corrected chi connectivity index (χ0v) is 15.1. The SMILES string of the molecule is COCCOCc1nc(C2CCN(C(=O)CCc3ccccc3)C2)no1. The fourth-order valence-electron chi connectivity index (χ4n) is 3.05. The van der Waals surface area contributed by atoms with Crippen molar-refractivity contribution < 1.29 is 18.8 Å². The molecule has 140 valence electrons. The highest BCUT2D eigenvalue weighted by Gasteiger charge is 2.30. The monoisotopic (exact) mass is 359 g/mol. The number of amides is 1. The lowest BCUT2D eigenvalue weighted by Gasteiger charge is -2.15. The van der Waals surface area contributed by atoms with Crippen LogP contribution in [0.1, 0.15) is 36.0 Å². The molecule has 1 aliphatic heterocycles. The number of rotatable bonds is 9. The third-order valence-corrected chi connectivity index (χ3v) is 4.52. The Hall–Kier alpha value is -2.25. The molecule has 1 fully saturated rings. The highest BCUT2D eigenvalue weighted by molar-refractivity contribution is 5.76. The van der Waals surface area contributed by atoms with Crippen LogP contribution in [0.3, 0.4) is 0 Å². The standard InChI is InChI=1S/C19H25N3O4/c1-24-11-12-25-14-17-20-19(21-26-17)16-9-10-22(13-16)18(23)8-7-15-5-3-2-4-6-15/h2-6,16H,7-14H2,1H3. The lowest BCUT2D eigenvalue weighted by Crippen LogP contribution is -2.28. The van der Waals surface area contributed by atoms with Crippen LogP contribution in [0.5, 0.6) is 0 Å². The van der Waals surface area contributed by atoms with Gasteiger partial charge in [0.1, 0.15) is 6.61 Å². The minimum Gasteiger partial charge on any atom is -0.382 e. The maximum absolute atomic E-state index is 12.4. The van der Waals surface area contributed by atoms with Crippen LogP contribution in [-0.4, -0.2) is 54.4 Å². The average molecular weight is 359 g/mol. The summed E-state index contributed by atoms with van der Waals surface area (Å²) in [6.07, 6.45) is 2.16. The average Bonchev–Trinajstić information content (AvgIpc) is 3.33. The van der Waals surface area contributed by atoms with E-state index in [2.05, 4.69) is 22.3 Å². The summed E-state index contributed by atoms with van der Waals surface area (Å²) in [7, 11) is 1.63. The van der Waals surface area contributed by atoms with Crippen molar-refractivity contribution in [2.75, 3.05) is 33.4 Å². The fraction of sp³-hybridized carbons (Fsp3) is 0.526. The second kappa shape index (κ2) is 9.45. The summed E-state index contributed by atoms with van der Waals surface area (Å²) in [6, 6.07) is 10.1. The molecule has 0 spiro atoms. The van der Waals surface area contributed by atoms with Gasteiger partial charge in [-0.2, -0.15) is 4.98 Å². The molecule has 7 heteroatoms. The van der Waals surface area contributed by atoms with Gasteiger partial charge in [-0.15, -0.1) is 0 Å². The minimum absolute atomic E-state index is 0.132. The molecule has 1 aliphatic rings. The highest BCUT2D eigenvalue weighted by Crippen LogP contribution is 2.25. The van der Waals surface area contributed by atoms with Gasteiger partial charge in [-0.3, -0.25) is 4.79 Å². The number of likely N-dealkylation sites (tertiary alicyclic amines) is 1. The maximum atomic E-state index is 12.4. The van der Waals surface area contributed by atoms with Crippen molar-refractivity contribution in [1.29, 1.82) is 0 Å². The highest BCUT2D eigenvalue weighted by atomic mass is 16.5. The first-order valence-corrected chi connectivity index (χ1v) is 8.97. The molecule has 0 N–H and O–H groups in total. The zero-order valence-electron chi connectivity index (χ0n) is 15.1. The molecule has 0 radical (unpaired) electrons. The Bertz CT molecular complexity index is 689. The number of benzene rings is 1. The third kappa shape index (κ3) is 5.12. The van der Waals surface area contributed by atoms with E-state index < -0.39 is 0 Å². The normalized spacial score (nSPS) is 17.0. The third-order valence-electron chi connectivity index (χ3n) is 4.52. The van der Waals surface area contributed by atoms with Crippen molar-refractivity contribution in [3.8, 4) is 0 Å². The van der Waals surface area contributed by atoms with E-state index in [4.69, 9.17) is 14.0 Å². The number of aryl methyl sites for hydroxylation is 1. The largest absolute Gasteiger partial charge is 0.382 e. The number of ether oxygens (including phenoxy) is 2. The van der Waals surface area contributed by atoms with Crippen molar-refractivity contribution in [2.24, 2.45) is 0 Å². The molecule has 1 aromatic heterocycles. The molecule has 7 nitrogen and oxygen atoms in total. The summed E-state index contributed by atoms with van der Waals surface area (Å²) in [4.78, 5) is 18.7. The van der Waals surface area contributed by atoms with Crippen LogP contribution < -0.4 is 0 Å². The molecular weight excluding hydrogens is 334 g/mol. The van der Waals surface area contributed by atoms with E-state index in [1.54, 1.807) is 7.11 Å². The van der Waals surface area contributed by atoms with Crippen LogP contribution in [0.25, 0.3) is 0 Å². The Kier molecular flexibility index (Phi) is 6.74. The van der Waals surface area contributed by atoms with Crippen LogP contribution in [0.4, 0.5) is 0 Å². The summed E-state index contributed by atoms with van der Waals surface area (Å²) in [5.41, 5.74) is 1.19. The summed E-state index contributed by atoms with van der Waals surface area (Å²) >= 11 is 0. The van der Waals surface area contributed by atoms with Crippen LogP contribution in [0, 0.1) is 0 Å². The lowest BCUT2D eigenvalue weighted by molar-refractivity contribution is -0.130. The first-order chi connectivity index (χ1) is 12.8. The van der Waals surface area contributed by atoms with Crippen molar-refractivity contribution in [1.82, 2.24) is 15.0 Å². The second-order valence-corrected chi connectivity index (χ2v) is 6.40. The quantitative estimate of drug-likeness (QED) is 0.639. The number of nitrogens with zero attached hydrogens (tertiary/aromatic N) is 3. The topological polar surface area (TPSA) is 77.7 Å². The van der Waals surface area contributed by atoms with Crippen molar-refractivity contribution in [2.45, 2.75) is 31.8 Å². The van der Waals surface area contributed by atoms with Crippen LogP contribution in [0.15, 0.2) is 34.9 Å². The molecule has 1 saturated heterocycles. The van der Waals surface area contributed by atoms with E-state index in [-0.39, 0.29) is 18.4 Å². The van der Waals surface area contributed by atoms with E-state index in [9.17, 15) is 4.79 Å². The van der Waals surface area contributed by atoms with Gasteiger partial charge < -0.3 is 18.9 Å². The van der Waals surface area contributed by atoms with Crippen LogP contribution in [0.2, 0.25) is 0 Å². The van der Waals surface area contributed by atoms with Crippen LogP contribution >= 0.6 is 0 Å². The number of hydrogen-bond acceptors (Lipinski definition) is 6. The smallest absolute Gasteiger partial charge is 0.252 e. The lowest BCUT2D eigenvalue weighted by atomic mass is 10.1. The molecule has 1 aromatic carbocycles. The summed E-state index contributed by atoms with van der Waals surface area (Å²) in [6.45, 7) is 2.69. The van der Waals surface area contributed by atoms with Crippen LogP contribution in [-0.2, 0) is 27.3 Å². The number of methoxy groups -OCH3 is 1. The van der Waals surface area contributed by atoms with Gasteiger partial charge in [0.05, 0.1) is 13.2 Å². The Morgan fingerprint density at radius 2 is 2.15 bits per heavy atom. The zero-order chi connectivity index (χ0) is 18.2. The maximum Gasteiger partial charge on any atom is 0.252 e. The van der Waals surface area contributed by atoms with Gasteiger partial charge in [-0.1, -0.05) is 35.5 Å². The Labute approximate surface area is 153 Å². The Morgan fingerprint density at radius 1 is 1.31 bits per heavy atom. The molecule has 1 amide bonds. The molecule has 0 bridgehead atoms. The van der Waals surface area contributed by atoms with Gasteiger partial charge in [0.2, 0.25) is 5.91 Å². The van der Waals surface area contributed by atoms with Crippen molar-refractivity contribution >= 4 is 5.91 Å². The van der Waals surface area contributed by atoms with Gasteiger partial charge >= 0.3 is 0 Å². The minimum atomic E-state index is 0.132. The van der Waals surface area contributed by atoms with E-state index >= 15 is 0 Å². The fourth-order valence-corrected chi connectivity index (χ4v) is 3.05. The first kappa shape index (κ1) is 18.5. The van der Waals surface area contributed by atoms with E-state index in [1.165, 1.54) is 5.56 Å². The number of carbonyl (C=O) groups excluding carboxylic acids is 1. The van der Waals surface area contributed by atoms with E-state index in [0.717, 1.165) is 19.4 Å².